The van der Waals surface area contributed by atoms with Crippen molar-refractivity contribution in [3.63, 3.8) is 0 Å². The van der Waals surface area contributed by atoms with E-state index in [0.717, 1.165) is 35.3 Å². The summed E-state index contributed by atoms with van der Waals surface area (Å²) in [6.07, 6.45) is 2.13. The number of nitrogens with one attached hydrogen (secondary N) is 2. The van der Waals surface area contributed by atoms with Crippen LogP contribution >= 0.6 is 0 Å². The van der Waals surface area contributed by atoms with Crippen molar-refractivity contribution in [3.05, 3.63) is 59.2 Å². The minimum absolute atomic E-state index is 0.0387. The maximum absolute atomic E-state index is 12.6. The molecule has 0 aliphatic carbocycles. The number of hydrogen-bond acceptors (Lipinski definition) is 2. The molecule has 124 valence electrons. The molecule has 4 heteroatoms. The molecular weight excluding hydrogens is 300 g/mol. The normalized spacial score (nSPS) is 13.9. The first-order valence-electron chi connectivity index (χ1n) is 8.37. The lowest BCUT2D eigenvalue weighted by Crippen LogP contribution is -2.14. The number of amides is 2. The first-order valence-corrected chi connectivity index (χ1v) is 8.37. The molecule has 2 N–H and O–H groups in total. The van der Waals surface area contributed by atoms with Crippen molar-refractivity contribution in [2.75, 3.05) is 10.6 Å². The van der Waals surface area contributed by atoms with E-state index in [1.54, 1.807) is 6.07 Å². The average Bonchev–Trinajstić information content (AvgIpc) is 2.74. The van der Waals surface area contributed by atoms with Gasteiger partial charge in [0.2, 0.25) is 5.91 Å². The Balaban J connectivity index is 1.84. The number of anilines is 2. The molecule has 0 bridgehead atoms. The zero-order chi connectivity index (χ0) is 17.1. The second-order valence-corrected chi connectivity index (χ2v) is 6.47. The summed E-state index contributed by atoms with van der Waals surface area (Å²) in [4.78, 5) is 24.2. The number of carbonyl (C=O) groups is 2. The van der Waals surface area contributed by atoms with Gasteiger partial charge in [0.1, 0.15) is 0 Å². The van der Waals surface area contributed by atoms with Crippen molar-refractivity contribution in [1.82, 2.24) is 0 Å². The molecule has 0 unspecified atom stereocenters. The van der Waals surface area contributed by atoms with Crippen molar-refractivity contribution >= 4 is 23.2 Å². The van der Waals surface area contributed by atoms with Gasteiger partial charge in [-0.2, -0.15) is 0 Å². The molecule has 0 saturated heterocycles. The van der Waals surface area contributed by atoms with E-state index in [-0.39, 0.29) is 11.8 Å². The molecule has 2 aromatic rings. The topological polar surface area (TPSA) is 58.2 Å². The van der Waals surface area contributed by atoms with Crippen LogP contribution in [0.3, 0.4) is 0 Å². The zero-order valence-corrected chi connectivity index (χ0v) is 14.1. The van der Waals surface area contributed by atoms with Gasteiger partial charge < -0.3 is 10.6 Å². The Kier molecular flexibility index (Phi) is 4.65. The summed E-state index contributed by atoms with van der Waals surface area (Å²) < 4.78 is 0. The van der Waals surface area contributed by atoms with E-state index in [4.69, 9.17) is 0 Å². The molecule has 0 saturated carbocycles. The van der Waals surface area contributed by atoms with E-state index in [9.17, 15) is 9.59 Å². The molecule has 24 heavy (non-hydrogen) atoms. The summed E-state index contributed by atoms with van der Waals surface area (Å²) in [5.74, 6) is 0.252. The molecule has 1 aliphatic heterocycles. The molecule has 2 aromatic carbocycles. The van der Waals surface area contributed by atoms with Crippen molar-refractivity contribution < 1.29 is 9.59 Å². The molecule has 0 fully saturated rings. The summed E-state index contributed by atoms with van der Waals surface area (Å²) in [6, 6.07) is 13.3. The smallest absolute Gasteiger partial charge is 0.255 e. The molecular formula is C20H22N2O2. The number of rotatable bonds is 3. The predicted octanol–water partition coefficient (Wildman–Crippen LogP) is 4.34. The van der Waals surface area contributed by atoms with Crippen molar-refractivity contribution in [2.45, 2.75) is 39.0 Å². The van der Waals surface area contributed by atoms with E-state index in [0.29, 0.717) is 17.9 Å². The fourth-order valence-corrected chi connectivity index (χ4v) is 3.02. The van der Waals surface area contributed by atoms with Crippen LogP contribution < -0.4 is 10.6 Å². The molecule has 0 spiro atoms. The Hall–Kier alpha value is -2.62. The van der Waals surface area contributed by atoms with Crippen LogP contribution in [0.15, 0.2) is 42.5 Å². The van der Waals surface area contributed by atoms with Gasteiger partial charge in [0.05, 0.1) is 0 Å². The molecule has 1 heterocycles. The van der Waals surface area contributed by atoms with Gasteiger partial charge in [-0.15, -0.1) is 0 Å². The quantitative estimate of drug-likeness (QED) is 0.883. The SMILES string of the molecule is CC(C)c1ccccc1NC(=O)c1ccc2c(c1)CCCC(=O)N2. The maximum Gasteiger partial charge on any atom is 0.255 e. The lowest BCUT2D eigenvalue weighted by Gasteiger charge is -2.14. The van der Waals surface area contributed by atoms with Crippen molar-refractivity contribution in [3.8, 4) is 0 Å². The summed E-state index contributed by atoms with van der Waals surface area (Å²) in [6.45, 7) is 4.21. The summed E-state index contributed by atoms with van der Waals surface area (Å²) in [5.41, 5.74) is 4.42. The van der Waals surface area contributed by atoms with Crippen LogP contribution in [0.1, 0.15) is 54.1 Å². The lowest BCUT2D eigenvalue weighted by molar-refractivity contribution is -0.116. The number of hydrogen-bond donors (Lipinski definition) is 2. The molecule has 4 nitrogen and oxygen atoms in total. The first kappa shape index (κ1) is 16.2. The average molecular weight is 322 g/mol. The number of para-hydroxylation sites is 1. The Morgan fingerprint density at radius 3 is 2.71 bits per heavy atom. The van der Waals surface area contributed by atoms with E-state index in [1.807, 2.05) is 36.4 Å². The van der Waals surface area contributed by atoms with Crippen LogP contribution in [0, 0.1) is 0 Å². The van der Waals surface area contributed by atoms with Gasteiger partial charge in [-0.3, -0.25) is 9.59 Å². The van der Waals surface area contributed by atoms with Crippen LogP contribution in [0.25, 0.3) is 0 Å². The fraction of sp³-hybridized carbons (Fsp3) is 0.300. The molecule has 0 aromatic heterocycles. The lowest BCUT2D eigenvalue weighted by atomic mass is 10.0. The summed E-state index contributed by atoms with van der Waals surface area (Å²) >= 11 is 0. The second kappa shape index (κ2) is 6.87. The van der Waals surface area contributed by atoms with Crippen molar-refractivity contribution in [2.24, 2.45) is 0 Å². The van der Waals surface area contributed by atoms with Crippen LogP contribution in [0.5, 0.6) is 0 Å². The van der Waals surface area contributed by atoms with Crippen LogP contribution in [0.4, 0.5) is 11.4 Å². The van der Waals surface area contributed by atoms with Crippen LogP contribution in [-0.4, -0.2) is 11.8 Å². The highest BCUT2D eigenvalue weighted by Gasteiger charge is 2.16. The van der Waals surface area contributed by atoms with Gasteiger partial charge >= 0.3 is 0 Å². The van der Waals surface area contributed by atoms with E-state index in [1.165, 1.54) is 0 Å². The molecule has 0 radical (unpaired) electrons. The number of carbonyl (C=O) groups excluding carboxylic acids is 2. The van der Waals surface area contributed by atoms with Crippen LogP contribution in [-0.2, 0) is 11.2 Å². The number of benzene rings is 2. The van der Waals surface area contributed by atoms with Gasteiger partial charge in [-0.25, -0.2) is 0 Å². The number of aryl methyl sites for hydroxylation is 1. The standard InChI is InChI=1S/C20H22N2O2/c1-13(2)16-7-3-4-8-18(16)22-20(24)15-10-11-17-14(12-15)6-5-9-19(23)21-17/h3-4,7-8,10-13H,5-6,9H2,1-2H3,(H,21,23)(H,22,24). The van der Waals surface area contributed by atoms with Gasteiger partial charge in [0.15, 0.2) is 0 Å². The van der Waals surface area contributed by atoms with E-state index < -0.39 is 0 Å². The van der Waals surface area contributed by atoms with Gasteiger partial charge in [0.25, 0.3) is 5.91 Å². The first-order chi connectivity index (χ1) is 11.5. The molecule has 2 amide bonds. The highest BCUT2D eigenvalue weighted by molar-refractivity contribution is 6.05. The summed E-state index contributed by atoms with van der Waals surface area (Å²) in [7, 11) is 0. The zero-order valence-electron chi connectivity index (χ0n) is 14.1. The van der Waals surface area contributed by atoms with Crippen LogP contribution in [0.2, 0.25) is 0 Å². The molecule has 1 aliphatic rings. The Labute approximate surface area is 142 Å². The Morgan fingerprint density at radius 2 is 1.92 bits per heavy atom. The van der Waals surface area contributed by atoms with Crippen molar-refractivity contribution in [1.29, 1.82) is 0 Å². The maximum atomic E-state index is 12.6. The Morgan fingerprint density at radius 1 is 1.12 bits per heavy atom. The minimum Gasteiger partial charge on any atom is -0.326 e. The monoisotopic (exact) mass is 322 g/mol. The third-order valence-electron chi connectivity index (χ3n) is 4.32. The third kappa shape index (κ3) is 3.48. The van der Waals surface area contributed by atoms with Gasteiger partial charge in [-0.05, 0) is 54.2 Å². The number of fused-ring (bicyclic) bond motifs is 1. The molecule has 0 atom stereocenters. The summed E-state index contributed by atoms with van der Waals surface area (Å²) in [5, 5.41) is 5.90. The third-order valence-corrected chi connectivity index (χ3v) is 4.32. The van der Waals surface area contributed by atoms with E-state index in [2.05, 4.69) is 24.5 Å². The largest absolute Gasteiger partial charge is 0.326 e. The van der Waals surface area contributed by atoms with E-state index >= 15 is 0 Å². The fourth-order valence-electron chi connectivity index (χ4n) is 3.02. The highest BCUT2D eigenvalue weighted by Crippen LogP contribution is 2.26. The van der Waals surface area contributed by atoms with Gasteiger partial charge in [0, 0.05) is 23.4 Å². The highest BCUT2D eigenvalue weighted by atomic mass is 16.2. The Bertz CT molecular complexity index is 781. The molecule has 3 rings (SSSR count). The predicted molar refractivity (Wildman–Crippen MR) is 96.5 cm³/mol. The minimum atomic E-state index is -0.124. The second-order valence-electron chi connectivity index (χ2n) is 6.47. The van der Waals surface area contributed by atoms with Gasteiger partial charge in [-0.1, -0.05) is 32.0 Å².